The van der Waals surface area contributed by atoms with Crippen molar-refractivity contribution in [2.75, 3.05) is 18.0 Å². The summed E-state index contributed by atoms with van der Waals surface area (Å²) in [6, 6.07) is 17.1. The summed E-state index contributed by atoms with van der Waals surface area (Å²) in [4.78, 5) is 14.7. The number of urea groups is 1. The fourth-order valence-electron chi connectivity index (χ4n) is 4.73. The molecule has 2 aliphatic rings. The molecule has 1 saturated heterocycles. The van der Waals surface area contributed by atoms with Crippen molar-refractivity contribution in [3.8, 4) is 11.1 Å². The maximum atomic E-state index is 13.1. The van der Waals surface area contributed by atoms with Crippen LogP contribution in [0.2, 0.25) is 15.1 Å². The van der Waals surface area contributed by atoms with Crippen molar-refractivity contribution in [3.63, 3.8) is 0 Å². The molecular weight excluding hydrogens is 465 g/mol. The van der Waals surface area contributed by atoms with Gasteiger partial charge in [0.2, 0.25) is 0 Å². The highest BCUT2D eigenvalue weighted by atomic mass is 35.5. The first-order chi connectivity index (χ1) is 15.5. The Morgan fingerprint density at radius 1 is 0.906 bits per heavy atom. The predicted octanol–water partition coefficient (Wildman–Crippen LogP) is 7.00. The molecule has 5 rings (SSSR count). The number of hydrogen-bond donors (Lipinski definition) is 2. The van der Waals surface area contributed by atoms with Gasteiger partial charge in [-0.1, -0.05) is 72.1 Å². The Balaban J connectivity index is 1.79. The number of nitrogens with zero attached hydrogens (tertiary/aromatic N) is 1. The van der Waals surface area contributed by atoms with E-state index in [-0.39, 0.29) is 6.03 Å². The van der Waals surface area contributed by atoms with Crippen LogP contribution >= 0.6 is 34.8 Å². The number of carbonyl (C=O) groups excluding carboxylic acids is 1. The number of nitrogens with one attached hydrogen (secondary N) is 2. The molecule has 0 aliphatic carbocycles. The minimum absolute atomic E-state index is 0.257. The number of anilines is 2. The lowest BCUT2D eigenvalue weighted by molar-refractivity contribution is 0.247. The third-order valence-corrected chi connectivity index (χ3v) is 7.32. The summed E-state index contributed by atoms with van der Waals surface area (Å²) < 4.78 is 0. The van der Waals surface area contributed by atoms with Gasteiger partial charge in [-0.3, -0.25) is 4.90 Å². The van der Waals surface area contributed by atoms with Crippen molar-refractivity contribution in [2.24, 2.45) is 5.92 Å². The van der Waals surface area contributed by atoms with E-state index in [1.54, 1.807) is 23.1 Å². The van der Waals surface area contributed by atoms with Gasteiger partial charge < -0.3 is 10.6 Å². The summed E-state index contributed by atoms with van der Waals surface area (Å²) in [6.45, 7) is 4.49. The molecule has 0 bridgehead atoms. The van der Waals surface area contributed by atoms with Gasteiger partial charge in [-0.25, -0.2) is 4.79 Å². The summed E-state index contributed by atoms with van der Waals surface area (Å²) in [5.74, 6) is 0.803. The maximum absolute atomic E-state index is 13.1. The Bertz CT molecular complexity index is 1190. The maximum Gasteiger partial charge on any atom is 0.326 e. The van der Waals surface area contributed by atoms with E-state index in [0.717, 1.165) is 35.5 Å². The van der Waals surface area contributed by atoms with Crippen molar-refractivity contribution in [1.29, 1.82) is 0 Å². The number of para-hydroxylation sites is 1. The van der Waals surface area contributed by atoms with Crippen LogP contribution in [0.3, 0.4) is 0 Å². The molecule has 0 radical (unpaired) electrons. The first-order valence-electron chi connectivity index (χ1n) is 10.6. The number of halogens is 3. The SMILES string of the molecule is CC1CNCC1c1cc(-c2ccccc2Cl)c2c(c1)N(c1c(Cl)cccc1Cl)C(=O)NC2. The summed E-state index contributed by atoms with van der Waals surface area (Å²) >= 11 is 19.7. The van der Waals surface area contributed by atoms with Crippen LogP contribution in [0.15, 0.2) is 54.6 Å². The van der Waals surface area contributed by atoms with Crippen LogP contribution in [-0.4, -0.2) is 19.1 Å². The Morgan fingerprint density at radius 2 is 1.62 bits per heavy atom. The Kier molecular flexibility index (Phi) is 5.81. The number of rotatable bonds is 3. The molecule has 1 fully saturated rings. The van der Waals surface area contributed by atoms with Gasteiger partial charge in [-0.05, 0) is 47.9 Å². The normalized spacial score (nSPS) is 20.2. The topological polar surface area (TPSA) is 44.4 Å². The highest BCUT2D eigenvalue weighted by molar-refractivity contribution is 6.40. The molecule has 0 spiro atoms. The average Bonchev–Trinajstić information content (AvgIpc) is 3.20. The Labute approximate surface area is 202 Å². The molecule has 0 saturated carbocycles. The van der Waals surface area contributed by atoms with E-state index in [9.17, 15) is 4.79 Å². The second kappa shape index (κ2) is 8.60. The van der Waals surface area contributed by atoms with Crippen LogP contribution in [0.25, 0.3) is 11.1 Å². The lowest BCUT2D eigenvalue weighted by Gasteiger charge is -2.34. The number of fused-ring (bicyclic) bond motifs is 1. The second-order valence-corrected chi connectivity index (χ2v) is 9.57. The van der Waals surface area contributed by atoms with E-state index in [1.165, 1.54) is 5.56 Å². The van der Waals surface area contributed by atoms with E-state index in [0.29, 0.717) is 39.1 Å². The molecule has 0 aromatic heterocycles. The number of carbonyl (C=O) groups is 1. The molecular formula is C25H22Cl3N3O. The van der Waals surface area contributed by atoms with E-state index in [2.05, 4.69) is 29.7 Å². The minimum atomic E-state index is -0.257. The van der Waals surface area contributed by atoms with Crippen molar-refractivity contribution >= 4 is 52.2 Å². The van der Waals surface area contributed by atoms with Gasteiger partial charge in [0.25, 0.3) is 0 Å². The number of amides is 2. The minimum Gasteiger partial charge on any atom is -0.333 e. The van der Waals surface area contributed by atoms with Crippen LogP contribution in [0.4, 0.5) is 16.2 Å². The molecule has 164 valence electrons. The van der Waals surface area contributed by atoms with E-state index < -0.39 is 0 Å². The fraction of sp³-hybridized carbons (Fsp3) is 0.240. The molecule has 3 aromatic carbocycles. The first-order valence-corrected chi connectivity index (χ1v) is 11.7. The van der Waals surface area contributed by atoms with Crippen LogP contribution in [0.5, 0.6) is 0 Å². The molecule has 2 heterocycles. The van der Waals surface area contributed by atoms with E-state index in [4.69, 9.17) is 34.8 Å². The summed E-state index contributed by atoms with van der Waals surface area (Å²) in [7, 11) is 0. The molecule has 2 amide bonds. The smallest absolute Gasteiger partial charge is 0.326 e. The van der Waals surface area contributed by atoms with Crippen molar-refractivity contribution in [1.82, 2.24) is 10.6 Å². The van der Waals surface area contributed by atoms with Gasteiger partial charge in [0.15, 0.2) is 0 Å². The molecule has 7 heteroatoms. The highest BCUT2D eigenvalue weighted by Gasteiger charge is 2.33. The van der Waals surface area contributed by atoms with Crippen molar-refractivity contribution in [3.05, 3.63) is 80.8 Å². The van der Waals surface area contributed by atoms with E-state index >= 15 is 0 Å². The zero-order chi connectivity index (χ0) is 22.4. The molecule has 2 unspecified atom stereocenters. The fourth-order valence-corrected chi connectivity index (χ4v) is 5.54. The predicted molar refractivity (Wildman–Crippen MR) is 132 cm³/mol. The highest BCUT2D eigenvalue weighted by Crippen LogP contribution is 2.46. The molecule has 3 aromatic rings. The average molecular weight is 487 g/mol. The molecule has 2 N–H and O–H groups in total. The van der Waals surface area contributed by atoms with Gasteiger partial charge in [-0.2, -0.15) is 0 Å². The Morgan fingerprint density at radius 3 is 2.31 bits per heavy atom. The molecule has 32 heavy (non-hydrogen) atoms. The van der Waals surface area contributed by atoms with E-state index in [1.807, 2.05) is 24.3 Å². The summed E-state index contributed by atoms with van der Waals surface area (Å²) in [6.07, 6.45) is 0. The van der Waals surface area contributed by atoms with Gasteiger partial charge in [0.1, 0.15) is 0 Å². The summed E-state index contributed by atoms with van der Waals surface area (Å²) in [5.41, 5.74) is 5.36. The number of benzene rings is 3. The zero-order valence-electron chi connectivity index (χ0n) is 17.5. The molecule has 4 nitrogen and oxygen atoms in total. The Hall–Kier alpha value is -2.24. The monoisotopic (exact) mass is 485 g/mol. The van der Waals surface area contributed by atoms with Gasteiger partial charge in [0, 0.05) is 35.2 Å². The van der Waals surface area contributed by atoms with Crippen LogP contribution in [0.1, 0.15) is 24.0 Å². The van der Waals surface area contributed by atoms with Crippen molar-refractivity contribution in [2.45, 2.75) is 19.4 Å². The largest absolute Gasteiger partial charge is 0.333 e. The van der Waals surface area contributed by atoms with Crippen LogP contribution in [0, 0.1) is 5.92 Å². The van der Waals surface area contributed by atoms with Crippen LogP contribution in [-0.2, 0) is 6.54 Å². The van der Waals surface area contributed by atoms with Gasteiger partial charge in [0.05, 0.1) is 21.4 Å². The van der Waals surface area contributed by atoms with Gasteiger partial charge in [-0.15, -0.1) is 0 Å². The third kappa shape index (κ3) is 3.65. The summed E-state index contributed by atoms with van der Waals surface area (Å²) in [5, 5.41) is 7.97. The standard InChI is InChI=1S/C25H22Cl3N3O/c1-14-11-29-12-18(14)15-9-17(16-5-2-3-6-20(16)26)19-13-30-25(32)31(23(19)10-15)24-21(27)7-4-8-22(24)28/h2-10,14,18,29H,11-13H2,1H3,(H,30,32). The first kappa shape index (κ1) is 21.6. The second-order valence-electron chi connectivity index (χ2n) is 8.35. The lowest BCUT2D eigenvalue weighted by Crippen LogP contribution is -2.41. The third-order valence-electron chi connectivity index (χ3n) is 6.38. The molecule has 2 aliphatic heterocycles. The number of hydrogen-bond acceptors (Lipinski definition) is 2. The quantitative estimate of drug-likeness (QED) is 0.419. The lowest BCUT2D eigenvalue weighted by atomic mass is 9.85. The van der Waals surface area contributed by atoms with Gasteiger partial charge >= 0.3 is 6.03 Å². The van der Waals surface area contributed by atoms with Crippen molar-refractivity contribution < 1.29 is 4.79 Å². The zero-order valence-corrected chi connectivity index (χ0v) is 19.7. The molecule has 2 atom stereocenters. The van der Waals surface area contributed by atoms with Crippen LogP contribution < -0.4 is 15.5 Å².